The highest BCUT2D eigenvalue weighted by Gasteiger charge is 2.30. The van der Waals surface area contributed by atoms with Crippen LogP contribution in [0.4, 0.5) is 11.4 Å². The molecular weight excluding hydrogens is 450 g/mol. The molecule has 0 fully saturated rings. The van der Waals surface area contributed by atoms with Gasteiger partial charge in [0, 0.05) is 23.0 Å². The van der Waals surface area contributed by atoms with Crippen molar-refractivity contribution in [1.29, 1.82) is 0 Å². The molecule has 1 aliphatic rings. The van der Waals surface area contributed by atoms with Crippen LogP contribution in [-0.2, 0) is 11.2 Å². The first-order chi connectivity index (χ1) is 16.0. The molecule has 1 aliphatic heterocycles. The Morgan fingerprint density at radius 1 is 1.12 bits per heavy atom. The molecule has 5 nitrogen and oxygen atoms in total. The summed E-state index contributed by atoms with van der Waals surface area (Å²) in [4.78, 5) is 32.1. The molecule has 2 amide bonds. The first-order valence-electron chi connectivity index (χ1n) is 10.8. The van der Waals surface area contributed by atoms with Gasteiger partial charge in [-0.3, -0.25) is 9.59 Å². The lowest BCUT2D eigenvalue weighted by Gasteiger charge is -2.22. The van der Waals surface area contributed by atoms with Gasteiger partial charge in [0.15, 0.2) is 4.34 Å². The Balaban J connectivity index is 1.26. The highest BCUT2D eigenvalue weighted by atomic mass is 32.2. The van der Waals surface area contributed by atoms with Gasteiger partial charge in [0.25, 0.3) is 5.91 Å². The van der Waals surface area contributed by atoms with Gasteiger partial charge in [0.2, 0.25) is 5.91 Å². The van der Waals surface area contributed by atoms with Gasteiger partial charge in [0.05, 0.1) is 16.0 Å². The van der Waals surface area contributed by atoms with Crippen LogP contribution in [0.2, 0.25) is 0 Å². The van der Waals surface area contributed by atoms with Crippen molar-refractivity contribution in [3.8, 4) is 0 Å². The molecule has 33 heavy (non-hydrogen) atoms. The average molecular weight is 474 g/mol. The highest BCUT2D eigenvalue weighted by Crippen LogP contribution is 2.35. The Morgan fingerprint density at radius 2 is 1.97 bits per heavy atom. The minimum Gasteiger partial charge on any atom is -0.322 e. The third-order valence-electron chi connectivity index (χ3n) is 5.70. The smallest absolute Gasteiger partial charge is 0.255 e. The van der Waals surface area contributed by atoms with Crippen molar-refractivity contribution in [2.75, 3.05) is 16.0 Å². The number of nitrogens with zero attached hydrogens (tertiary/aromatic N) is 2. The second-order valence-electron chi connectivity index (χ2n) is 8.22. The number of fused-ring (bicyclic) bond motifs is 2. The first-order valence-corrected chi connectivity index (χ1v) is 12.6. The first kappa shape index (κ1) is 21.7. The van der Waals surface area contributed by atoms with Crippen LogP contribution >= 0.6 is 23.1 Å². The Hall–Kier alpha value is -3.16. The van der Waals surface area contributed by atoms with Crippen molar-refractivity contribution in [2.24, 2.45) is 0 Å². The Bertz CT molecular complexity index is 1360. The van der Waals surface area contributed by atoms with E-state index in [1.54, 1.807) is 6.07 Å². The summed E-state index contributed by atoms with van der Waals surface area (Å²) >= 11 is 3.00. The summed E-state index contributed by atoms with van der Waals surface area (Å²) in [7, 11) is 0. The van der Waals surface area contributed by atoms with Crippen molar-refractivity contribution in [2.45, 2.75) is 30.6 Å². The number of hydrogen-bond acceptors (Lipinski definition) is 5. The average Bonchev–Trinajstić information content (AvgIpc) is 3.36. The fourth-order valence-corrected chi connectivity index (χ4v) is 6.14. The van der Waals surface area contributed by atoms with Crippen molar-refractivity contribution < 1.29 is 9.59 Å². The van der Waals surface area contributed by atoms with Gasteiger partial charge in [-0.2, -0.15) is 0 Å². The SMILES string of the molecule is Cc1cccc(C(=O)Nc2ccc3nc(SCC(=O)N4c5ccccc5CC4C)sc3c2)c1. The zero-order chi connectivity index (χ0) is 22.9. The quantitative estimate of drug-likeness (QED) is 0.365. The predicted molar refractivity (Wildman–Crippen MR) is 137 cm³/mol. The second-order valence-corrected chi connectivity index (χ2v) is 10.5. The maximum absolute atomic E-state index is 13.0. The van der Waals surface area contributed by atoms with Crippen LogP contribution in [0.15, 0.2) is 71.1 Å². The fraction of sp³-hybridized carbons (Fsp3) is 0.192. The number of thioether (sulfide) groups is 1. The van der Waals surface area contributed by atoms with Gasteiger partial charge in [-0.05, 0) is 62.2 Å². The normalized spacial score (nSPS) is 15.0. The number of nitrogens with one attached hydrogen (secondary N) is 1. The molecule has 0 aliphatic carbocycles. The van der Waals surface area contributed by atoms with Crippen molar-refractivity contribution in [1.82, 2.24) is 4.98 Å². The summed E-state index contributed by atoms with van der Waals surface area (Å²) in [5.41, 5.74) is 5.52. The fourth-order valence-electron chi connectivity index (χ4n) is 4.17. The molecule has 0 bridgehead atoms. The number of rotatable bonds is 5. The maximum atomic E-state index is 13.0. The number of carbonyl (C=O) groups is 2. The number of thiazole rings is 1. The minimum absolute atomic E-state index is 0.0998. The van der Waals surface area contributed by atoms with E-state index in [-0.39, 0.29) is 17.9 Å². The molecule has 3 aromatic carbocycles. The lowest BCUT2D eigenvalue weighted by molar-refractivity contribution is -0.116. The van der Waals surface area contributed by atoms with Crippen LogP contribution in [-0.4, -0.2) is 28.6 Å². The van der Waals surface area contributed by atoms with Crippen molar-refractivity contribution in [3.63, 3.8) is 0 Å². The van der Waals surface area contributed by atoms with Crippen LogP contribution in [0, 0.1) is 6.92 Å². The summed E-state index contributed by atoms with van der Waals surface area (Å²) < 4.78 is 1.83. The molecule has 0 saturated carbocycles. The van der Waals surface area contributed by atoms with E-state index in [9.17, 15) is 9.59 Å². The van der Waals surface area contributed by atoms with E-state index in [1.165, 1.54) is 28.7 Å². The number of anilines is 2. The van der Waals surface area contributed by atoms with Crippen LogP contribution in [0.5, 0.6) is 0 Å². The summed E-state index contributed by atoms with van der Waals surface area (Å²) in [6.07, 6.45) is 0.894. The minimum atomic E-state index is -0.136. The van der Waals surface area contributed by atoms with E-state index in [4.69, 9.17) is 0 Å². The Morgan fingerprint density at radius 3 is 2.82 bits per heavy atom. The topological polar surface area (TPSA) is 62.3 Å². The number of benzene rings is 3. The molecule has 0 radical (unpaired) electrons. The summed E-state index contributed by atoms with van der Waals surface area (Å²) in [6.45, 7) is 4.06. The molecule has 7 heteroatoms. The third-order valence-corrected chi connectivity index (χ3v) is 7.85. The van der Waals surface area contributed by atoms with Gasteiger partial charge in [-0.1, -0.05) is 47.7 Å². The molecule has 1 N–H and O–H groups in total. The van der Waals surface area contributed by atoms with E-state index in [2.05, 4.69) is 23.3 Å². The molecule has 1 aromatic heterocycles. The van der Waals surface area contributed by atoms with Gasteiger partial charge in [-0.25, -0.2) is 4.98 Å². The lowest BCUT2D eigenvalue weighted by atomic mass is 10.1. The van der Waals surface area contributed by atoms with Gasteiger partial charge in [-0.15, -0.1) is 11.3 Å². The Labute approximate surface area is 200 Å². The monoisotopic (exact) mass is 473 g/mol. The summed E-state index contributed by atoms with van der Waals surface area (Å²) in [6, 6.07) is 21.5. The van der Waals surface area contributed by atoms with Gasteiger partial charge >= 0.3 is 0 Å². The molecular formula is C26H23N3O2S2. The number of carbonyl (C=O) groups excluding carboxylic acids is 2. The summed E-state index contributed by atoms with van der Waals surface area (Å²) in [5, 5.41) is 2.96. The predicted octanol–water partition coefficient (Wildman–Crippen LogP) is 5.93. The number of aromatic nitrogens is 1. The van der Waals surface area contributed by atoms with Crippen molar-refractivity contribution in [3.05, 3.63) is 83.4 Å². The molecule has 166 valence electrons. The van der Waals surface area contributed by atoms with E-state index in [0.717, 1.165) is 37.9 Å². The number of aryl methyl sites for hydroxylation is 1. The summed E-state index contributed by atoms with van der Waals surface area (Å²) in [5.74, 6) is 0.306. The van der Waals surface area contributed by atoms with E-state index < -0.39 is 0 Å². The van der Waals surface area contributed by atoms with Crippen molar-refractivity contribution >= 4 is 56.5 Å². The number of amides is 2. The molecule has 4 aromatic rings. The zero-order valence-electron chi connectivity index (χ0n) is 18.4. The number of hydrogen-bond donors (Lipinski definition) is 1. The number of para-hydroxylation sites is 1. The Kier molecular flexibility index (Phi) is 5.91. The van der Waals surface area contributed by atoms with Crippen LogP contribution in [0.1, 0.15) is 28.4 Å². The molecule has 2 heterocycles. The largest absolute Gasteiger partial charge is 0.322 e. The van der Waals surface area contributed by atoms with E-state index >= 15 is 0 Å². The van der Waals surface area contributed by atoms with E-state index in [1.807, 2.05) is 66.4 Å². The molecule has 0 spiro atoms. The third kappa shape index (κ3) is 4.51. The van der Waals surface area contributed by atoms with Crippen LogP contribution < -0.4 is 10.2 Å². The molecule has 5 rings (SSSR count). The standard InChI is InChI=1S/C26H23N3O2S2/c1-16-6-5-8-19(12-16)25(31)27-20-10-11-21-23(14-20)33-26(28-21)32-15-24(30)29-17(2)13-18-7-3-4-9-22(18)29/h3-12,14,17H,13,15H2,1-2H3,(H,27,31). The molecule has 1 atom stereocenters. The zero-order valence-corrected chi connectivity index (χ0v) is 20.0. The lowest BCUT2D eigenvalue weighted by Crippen LogP contribution is -2.36. The van der Waals surface area contributed by atoms with Gasteiger partial charge in [0.1, 0.15) is 0 Å². The highest BCUT2D eigenvalue weighted by molar-refractivity contribution is 8.01. The second kappa shape index (κ2) is 9.00. The maximum Gasteiger partial charge on any atom is 0.255 e. The van der Waals surface area contributed by atoms with E-state index in [0.29, 0.717) is 11.3 Å². The van der Waals surface area contributed by atoms with Gasteiger partial charge < -0.3 is 10.2 Å². The van der Waals surface area contributed by atoms with Crippen LogP contribution in [0.25, 0.3) is 10.2 Å². The van der Waals surface area contributed by atoms with Crippen LogP contribution in [0.3, 0.4) is 0 Å². The molecule has 0 saturated heterocycles. The molecule has 1 unspecified atom stereocenters.